The van der Waals surface area contributed by atoms with Crippen molar-refractivity contribution in [2.45, 2.75) is 31.3 Å². The molecule has 18 heavy (non-hydrogen) atoms. The fraction of sp³-hybridized carbons (Fsp3) is 0.500. The fourth-order valence-electron chi connectivity index (χ4n) is 2.21. The van der Waals surface area contributed by atoms with Gasteiger partial charge in [-0.3, -0.25) is 4.79 Å². The Morgan fingerprint density at radius 3 is 2.72 bits per heavy atom. The van der Waals surface area contributed by atoms with Crippen LogP contribution in [0.2, 0.25) is 0 Å². The van der Waals surface area contributed by atoms with E-state index in [4.69, 9.17) is 10.5 Å². The van der Waals surface area contributed by atoms with E-state index in [0.29, 0.717) is 18.7 Å². The third-order valence-electron chi connectivity index (χ3n) is 3.71. The minimum atomic E-state index is -0.127. The third kappa shape index (κ3) is 2.82. The van der Waals surface area contributed by atoms with Crippen LogP contribution in [0.3, 0.4) is 0 Å². The molecule has 0 heterocycles. The summed E-state index contributed by atoms with van der Waals surface area (Å²) in [5.41, 5.74) is 7.22. The van der Waals surface area contributed by atoms with Gasteiger partial charge < -0.3 is 15.8 Å². The molecule has 1 saturated carbocycles. The zero-order valence-electron chi connectivity index (χ0n) is 10.7. The van der Waals surface area contributed by atoms with Crippen molar-refractivity contribution < 1.29 is 9.53 Å². The van der Waals surface area contributed by atoms with Crippen LogP contribution in [-0.2, 0) is 16.0 Å². The number of rotatable bonds is 5. The molecular formula is C14H20N2O2. The number of methoxy groups -OCH3 is 1. The van der Waals surface area contributed by atoms with Gasteiger partial charge in [0, 0.05) is 19.3 Å². The van der Waals surface area contributed by atoms with Crippen LogP contribution in [-0.4, -0.2) is 25.2 Å². The molecule has 3 N–H and O–H groups in total. The van der Waals surface area contributed by atoms with Crippen molar-refractivity contribution in [2.75, 3.05) is 19.4 Å². The molecule has 1 aliphatic carbocycles. The van der Waals surface area contributed by atoms with Crippen LogP contribution in [0.4, 0.5) is 5.69 Å². The minimum Gasteiger partial charge on any atom is -0.398 e. The smallest absolute Gasteiger partial charge is 0.224 e. The summed E-state index contributed by atoms with van der Waals surface area (Å²) < 4.78 is 5.46. The number of hydrogen-bond donors (Lipinski definition) is 2. The summed E-state index contributed by atoms with van der Waals surface area (Å²) in [7, 11) is 1.71. The van der Waals surface area contributed by atoms with Crippen molar-refractivity contribution in [3.8, 4) is 0 Å². The second kappa shape index (κ2) is 5.40. The normalized spacial score (nSPS) is 16.9. The molecule has 4 heteroatoms. The Morgan fingerprint density at radius 2 is 2.17 bits per heavy atom. The molecule has 1 amide bonds. The summed E-state index contributed by atoms with van der Waals surface area (Å²) in [6.07, 6.45) is 3.55. The first-order valence-electron chi connectivity index (χ1n) is 6.30. The Morgan fingerprint density at radius 1 is 1.44 bits per heavy atom. The van der Waals surface area contributed by atoms with Crippen LogP contribution in [0.5, 0.6) is 0 Å². The zero-order chi connectivity index (χ0) is 13.0. The summed E-state index contributed by atoms with van der Waals surface area (Å²) in [6.45, 7) is 0.592. The van der Waals surface area contributed by atoms with Gasteiger partial charge in [-0.25, -0.2) is 0 Å². The summed E-state index contributed by atoms with van der Waals surface area (Å²) in [5.74, 6) is -0.00350. The highest BCUT2D eigenvalue weighted by Gasteiger charge is 2.37. The molecule has 1 aromatic carbocycles. The molecule has 0 unspecified atom stereocenters. The first-order chi connectivity index (χ1) is 8.65. The molecule has 1 fully saturated rings. The molecule has 98 valence electrons. The molecule has 2 rings (SSSR count). The summed E-state index contributed by atoms with van der Waals surface area (Å²) >= 11 is 0. The molecule has 1 aromatic rings. The molecular weight excluding hydrogens is 228 g/mol. The number of ether oxygens (including phenoxy) is 1. The van der Waals surface area contributed by atoms with E-state index < -0.39 is 0 Å². The van der Waals surface area contributed by atoms with Gasteiger partial charge in [-0.2, -0.15) is 0 Å². The maximum Gasteiger partial charge on any atom is 0.224 e. The molecule has 0 spiro atoms. The largest absolute Gasteiger partial charge is 0.398 e. The first-order valence-corrected chi connectivity index (χ1v) is 6.30. The lowest BCUT2D eigenvalue weighted by Crippen LogP contribution is -2.49. The molecule has 1 aliphatic rings. The monoisotopic (exact) mass is 248 g/mol. The van der Waals surface area contributed by atoms with Gasteiger partial charge in [0.05, 0.1) is 12.0 Å². The van der Waals surface area contributed by atoms with E-state index in [1.807, 2.05) is 24.3 Å². The Bertz CT molecular complexity index is 422. The second-order valence-electron chi connectivity index (χ2n) is 4.89. The molecule has 4 nitrogen and oxygen atoms in total. The number of benzene rings is 1. The van der Waals surface area contributed by atoms with Crippen molar-refractivity contribution in [1.82, 2.24) is 5.32 Å². The molecule has 0 saturated heterocycles. The van der Waals surface area contributed by atoms with Crippen molar-refractivity contribution in [1.29, 1.82) is 0 Å². The molecule has 0 atom stereocenters. The Labute approximate surface area is 108 Å². The van der Waals surface area contributed by atoms with Crippen LogP contribution >= 0.6 is 0 Å². The van der Waals surface area contributed by atoms with Gasteiger partial charge in [-0.15, -0.1) is 0 Å². The highest BCUT2D eigenvalue weighted by atomic mass is 16.5. The van der Waals surface area contributed by atoms with E-state index in [1.54, 1.807) is 7.11 Å². The van der Waals surface area contributed by atoms with Gasteiger partial charge in [-0.1, -0.05) is 18.2 Å². The van der Waals surface area contributed by atoms with Crippen LogP contribution in [0.15, 0.2) is 24.3 Å². The number of nitrogens with one attached hydrogen (secondary N) is 1. The molecule has 0 aliphatic heterocycles. The second-order valence-corrected chi connectivity index (χ2v) is 4.89. The molecule has 0 aromatic heterocycles. The van der Waals surface area contributed by atoms with E-state index in [0.717, 1.165) is 18.4 Å². The molecule has 0 radical (unpaired) electrons. The predicted molar refractivity (Wildman–Crippen MR) is 71.2 cm³/mol. The first kappa shape index (κ1) is 12.9. The number of carbonyl (C=O) groups excluding carboxylic acids is 1. The van der Waals surface area contributed by atoms with E-state index in [1.165, 1.54) is 6.42 Å². The van der Waals surface area contributed by atoms with Crippen LogP contribution in [0, 0.1) is 0 Å². The quantitative estimate of drug-likeness (QED) is 0.776. The van der Waals surface area contributed by atoms with E-state index in [2.05, 4.69) is 5.32 Å². The van der Waals surface area contributed by atoms with Crippen molar-refractivity contribution in [3.63, 3.8) is 0 Å². The van der Waals surface area contributed by atoms with Crippen molar-refractivity contribution in [2.24, 2.45) is 0 Å². The lowest BCUT2D eigenvalue weighted by atomic mass is 9.80. The van der Waals surface area contributed by atoms with Gasteiger partial charge >= 0.3 is 0 Å². The Balaban J connectivity index is 1.84. The fourth-order valence-corrected chi connectivity index (χ4v) is 2.21. The standard InChI is InChI=1S/C14H20N2O2/c1-18-14(7-4-8-14)10-16-13(17)9-11-5-2-3-6-12(11)15/h2-3,5-6H,4,7-10,15H2,1H3,(H,16,17). The highest BCUT2D eigenvalue weighted by molar-refractivity contribution is 5.80. The van der Waals surface area contributed by atoms with Gasteiger partial charge in [0.2, 0.25) is 5.91 Å². The average molecular weight is 248 g/mol. The van der Waals surface area contributed by atoms with E-state index >= 15 is 0 Å². The summed E-state index contributed by atoms with van der Waals surface area (Å²) in [4.78, 5) is 11.8. The number of hydrogen-bond acceptors (Lipinski definition) is 3. The Kier molecular flexibility index (Phi) is 3.87. The van der Waals surface area contributed by atoms with Gasteiger partial charge in [0.1, 0.15) is 0 Å². The number of amides is 1. The lowest BCUT2D eigenvalue weighted by molar-refractivity contribution is -0.124. The van der Waals surface area contributed by atoms with Crippen molar-refractivity contribution >= 4 is 11.6 Å². The Hall–Kier alpha value is -1.55. The van der Waals surface area contributed by atoms with Crippen LogP contribution < -0.4 is 11.1 Å². The van der Waals surface area contributed by atoms with Gasteiger partial charge in [-0.05, 0) is 30.9 Å². The third-order valence-corrected chi connectivity index (χ3v) is 3.71. The lowest BCUT2D eigenvalue weighted by Gasteiger charge is -2.40. The number of carbonyl (C=O) groups is 1. The maximum atomic E-state index is 11.8. The summed E-state index contributed by atoms with van der Waals surface area (Å²) in [6, 6.07) is 7.45. The predicted octanol–water partition coefficient (Wildman–Crippen LogP) is 1.50. The number of anilines is 1. The highest BCUT2D eigenvalue weighted by Crippen LogP contribution is 2.34. The number of para-hydroxylation sites is 1. The maximum absolute atomic E-state index is 11.8. The SMILES string of the molecule is COC1(CNC(=O)Cc2ccccc2N)CCC1. The molecule has 0 bridgehead atoms. The summed E-state index contributed by atoms with van der Waals surface area (Å²) in [5, 5.41) is 2.93. The average Bonchev–Trinajstić information content (AvgIpc) is 2.31. The number of nitrogens with two attached hydrogens (primary N) is 1. The topological polar surface area (TPSA) is 64.3 Å². The number of nitrogen functional groups attached to an aromatic ring is 1. The zero-order valence-corrected chi connectivity index (χ0v) is 10.7. The van der Waals surface area contributed by atoms with E-state index in [9.17, 15) is 4.79 Å². The van der Waals surface area contributed by atoms with Crippen LogP contribution in [0.1, 0.15) is 24.8 Å². The van der Waals surface area contributed by atoms with Gasteiger partial charge in [0.15, 0.2) is 0 Å². The van der Waals surface area contributed by atoms with Crippen molar-refractivity contribution in [3.05, 3.63) is 29.8 Å². The van der Waals surface area contributed by atoms with Crippen LogP contribution in [0.25, 0.3) is 0 Å². The van der Waals surface area contributed by atoms with Gasteiger partial charge in [0.25, 0.3) is 0 Å². The van der Waals surface area contributed by atoms with E-state index in [-0.39, 0.29) is 11.5 Å². The minimum absolute atomic E-state index is 0.00350.